The van der Waals surface area contributed by atoms with E-state index in [9.17, 15) is 24.3 Å². The van der Waals surface area contributed by atoms with Crippen molar-refractivity contribution in [2.75, 3.05) is 11.5 Å². The van der Waals surface area contributed by atoms with Crippen LogP contribution < -0.4 is 21.7 Å². The lowest BCUT2D eigenvalue weighted by molar-refractivity contribution is -0.141. The van der Waals surface area contributed by atoms with Gasteiger partial charge in [-0.25, -0.2) is 4.79 Å². The third kappa shape index (κ3) is 7.15. The second-order valence-corrected chi connectivity index (χ2v) is 8.96. The molecule has 0 aliphatic heterocycles. The van der Waals surface area contributed by atoms with Crippen LogP contribution in [0.15, 0.2) is 30.5 Å². The Balaban J connectivity index is 2.29. The maximum atomic E-state index is 13.1. The molecule has 2 rings (SSSR count). The number of hydrogen-bond donors (Lipinski definition) is 8. The highest BCUT2D eigenvalue weighted by atomic mass is 32.1. The third-order valence-corrected chi connectivity index (χ3v) is 6.07. The maximum Gasteiger partial charge on any atom is 0.327 e. The Hall–Kier alpha value is -2.70. The maximum absolute atomic E-state index is 13.1. The largest absolute Gasteiger partial charge is 0.480 e. The highest BCUT2D eigenvalue weighted by Gasteiger charge is 2.31. The Morgan fingerprint density at radius 2 is 1.62 bits per heavy atom. The summed E-state index contributed by atoms with van der Waals surface area (Å²) in [7, 11) is 0. The van der Waals surface area contributed by atoms with E-state index >= 15 is 0 Å². The molecule has 0 spiro atoms. The molecule has 12 heteroatoms. The highest BCUT2D eigenvalue weighted by molar-refractivity contribution is 7.80. The van der Waals surface area contributed by atoms with Gasteiger partial charge >= 0.3 is 5.97 Å². The monoisotopic (exact) mass is 509 g/mol. The van der Waals surface area contributed by atoms with Gasteiger partial charge in [0.1, 0.15) is 18.1 Å². The number of rotatable bonds is 12. The number of fused-ring (bicyclic) bond motifs is 1. The van der Waals surface area contributed by atoms with Crippen LogP contribution in [0.3, 0.4) is 0 Å². The van der Waals surface area contributed by atoms with E-state index in [-0.39, 0.29) is 23.8 Å². The number of nitrogens with two attached hydrogens (primary N) is 1. The molecule has 1 heterocycles. The van der Waals surface area contributed by atoms with Gasteiger partial charge in [0, 0.05) is 35.0 Å². The van der Waals surface area contributed by atoms with Crippen molar-refractivity contribution in [3.05, 3.63) is 36.0 Å². The lowest BCUT2D eigenvalue weighted by Crippen LogP contribution is -2.59. The third-order valence-electron chi connectivity index (χ3n) is 5.31. The minimum Gasteiger partial charge on any atom is -0.480 e. The Morgan fingerprint density at radius 3 is 2.21 bits per heavy atom. The van der Waals surface area contributed by atoms with Gasteiger partial charge in [-0.2, -0.15) is 25.3 Å². The van der Waals surface area contributed by atoms with Crippen molar-refractivity contribution in [3.63, 3.8) is 0 Å². The van der Waals surface area contributed by atoms with Gasteiger partial charge in [-0.3, -0.25) is 14.4 Å². The van der Waals surface area contributed by atoms with Gasteiger partial charge in [-0.15, -0.1) is 0 Å². The molecule has 0 aliphatic carbocycles. The molecule has 34 heavy (non-hydrogen) atoms. The van der Waals surface area contributed by atoms with E-state index in [0.717, 1.165) is 16.5 Å². The predicted octanol–water partition coefficient (Wildman–Crippen LogP) is 0.0923. The van der Waals surface area contributed by atoms with E-state index in [4.69, 9.17) is 5.73 Å². The average molecular weight is 510 g/mol. The SMILES string of the molecule is CC(C)C(NC(=O)C(N)CS)C(=O)NC(Cc1c[nH]c2ccccc12)C(=O)NC(CS)C(=O)O. The molecule has 0 saturated heterocycles. The number of carbonyl (C=O) groups is 4. The number of thiol groups is 2. The van der Waals surface area contributed by atoms with Crippen molar-refractivity contribution in [1.29, 1.82) is 0 Å². The molecule has 1 aromatic heterocycles. The van der Waals surface area contributed by atoms with Gasteiger partial charge < -0.3 is 31.8 Å². The van der Waals surface area contributed by atoms with Crippen molar-refractivity contribution in [2.45, 2.75) is 44.4 Å². The second-order valence-electron chi connectivity index (χ2n) is 8.23. The topological polar surface area (TPSA) is 166 Å². The van der Waals surface area contributed by atoms with Gasteiger partial charge in [0.25, 0.3) is 0 Å². The van der Waals surface area contributed by atoms with E-state index in [1.54, 1.807) is 20.0 Å². The molecule has 7 N–H and O–H groups in total. The standard InChI is InChI=1S/C22H31N5O5S2/c1-11(2)18(27-19(28)14(23)9-33)21(30)25-16(20(29)26-17(10-34)22(31)32)7-12-8-24-15-6-4-3-5-13(12)15/h3-6,8,11,14,16-18,24,33-34H,7,9-10,23H2,1-2H3,(H,25,30)(H,26,29)(H,27,28)(H,31,32). The molecule has 3 amide bonds. The van der Waals surface area contributed by atoms with Crippen LogP contribution in [0.4, 0.5) is 0 Å². The van der Waals surface area contributed by atoms with Crippen molar-refractivity contribution in [1.82, 2.24) is 20.9 Å². The van der Waals surface area contributed by atoms with E-state index < -0.39 is 47.9 Å². The predicted molar refractivity (Wildman–Crippen MR) is 136 cm³/mol. The lowest BCUT2D eigenvalue weighted by atomic mass is 10.00. The number of carbonyl (C=O) groups excluding carboxylic acids is 3. The van der Waals surface area contributed by atoms with Gasteiger partial charge in [-0.1, -0.05) is 32.0 Å². The molecule has 0 saturated carbocycles. The molecule has 4 unspecified atom stereocenters. The van der Waals surface area contributed by atoms with Crippen molar-refractivity contribution in [2.24, 2.45) is 11.7 Å². The first-order valence-corrected chi connectivity index (χ1v) is 12.0. The van der Waals surface area contributed by atoms with E-state index in [1.165, 1.54) is 0 Å². The van der Waals surface area contributed by atoms with Crippen molar-refractivity contribution >= 4 is 59.9 Å². The summed E-state index contributed by atoms with van der Waals surface area (Å²) in [5.41, 5.74) is 7.32. The van der Waals surface area contributed by atoms with E-state index in [0.29, 0.717) is 0 Å². The molecule has 186 valence electrons. The quantitative estimate of drug-likeness (QED) is 0.189. The number of carboxylic acid groups (broad SMARTS) is 1. The van der Waals surface area contributed by atoms with Crippen LogP contribution in [-0.2, 0) is 25.6 Å². The Kier molecular flexibility index (Phi) is 10.3. The van der Waals surface area contributed by atoms with Crippen LogP contribution in [0.25, 0.3) is 10.9 Å². The first-order chi connectivity index (χ1) is 16.1. The fourth-order valence-corrected chi connectivity index (χ4v) is 3.74. The molecule has 10 nitrogen and oxygen atoms in total. The molecule has 0 radical (unpaired) electrons. The van der Waals surface area contributed by atoms with Crippen LogP contribution in [0.1, 0.15) is 19.4 Å². The summed E-state index contributed by atoms with van der Waals surface area (Å²) in [5, 5.41) is 17.9. The number of amides is 3. The molecule has 2 aromatic rings. The minimum absolute atomic E-state index is 0.0927. The highest BCUT2D eigenvalue weighted by Crippen LogP contribution is 2.19. The number of hydrogen-bond acceptors (Lipinski definition) is 7. The van der Waals surface area contributed by atoms with E-state index in [2.05, 4.69) is 46.2 Å². The van der Waals surface area contributed by atoms with Crippen molar-refractivity contribution < 1.29 is 24.3 Å². The van der Waals surface area contributed by atoms with Gasteiger partial charge in [0.15, 0.2) is 0 Å². The fraction of sp³-hybridized carbons (Fsp3) is 0.455. The molecular formula is C22H31N5O5S2. The van der Waals surface area contributed by atoms with E-state index in [1.807, 2.05) is 24.3 Å². The summed E-state index contributed by atoms with van der Waals surface area (Å²) in [6.07, 6.45) is 1.83. The zero-order valence-electron chi connectivity index (χ0n) is 18.9. The number of benzene rings is 1. The summed E-state index contributed by atoms with van der Waals surface area (Å²) < 4.78 is 0. The van der Waals surface area contributed by atoms with Crippen LogP contribution >= 0.6 is 25.3 Å². The number of para-hydroxylation sites is 1. The minimum atomic E-state index is -1.24. The number of nitrogens with one attached hydrogen (secondary N) is 4. The molecular weight excluding hydrogens is 478 g/mol. The summed E-state index contributed by atoms with van der Waals surface area (Å²) in [4.78, 5) is 52.9. The summed E-state index contributed by atoms with van der Waals surface area (Å²) in [6.45, 7) is 3.49. The van der Waals surface area contributed by atoms with Gasteiger partial charge in [-0.05, 0) is 17.5 Å². The Bertz CT molecular complexity index is 1030. The second kappa shape index (κ2) is 12.7. The smallest absolute Gasteiger partial charge is 0.327 e. The first kappa shape index (κ1) is 27.5. The number of aromatic amines is 1. The number of aliphatic carboxylic acids is 1. The number of aromatic nitrogens is 1. The normalized spacial score (nSPS) is 14.8. The number of H-pyrrole nitrogens is 1. The van der Waals surface area contributed by atoms with Gasteiger partial charge in [0.05, 0.1) is 6.04 Å². The molecule has 0 aliphatic rings. The van der Waals surface area contributed by atoms with Crippen LogP contribution in [-0.4, -0.2) is 69.5 Å². The number of carboxylic acids is 1. The summed E-state index contributed by atoms with van der Waals surface area (Å²) in [5.74, 6) is -3.38. The lowest BCUT2D eigenvalue weighted by Gasteiger charge is -2.26. The van der Waals surface area contributed by atoms with Crippen molar-refractivity contribution in [3.8, 4) is 0 Å². The molecule has 0 fully saturated rings. The van der Waals surface area contributed by atoms with Crippen LogP contribution in [0.2, 0.25) is 0 Å². The molecule has 4 atom stereocenters. The van der Waals surface area contributed by atoms with Crippen LogP contribution in [0, 0.1) is 5.92 Å². The summed E-state index contributed by atoms with van der Waals surface area (Å²) >= 11 is 7.98. The molecule has 0 bridgehead atoms. The van der Waals surface area contributed by atoms with Gasteiger partial charge in [0.2, 0.25) is 17.7 Å². The average Bonchev–Trinajstić information content (AvgIpc) is 3.21. The Labute approximate surface area is 208 Å². The summed E-state index contributed by atoms with van der Waals surface area (Å²) in [6, 6.07) is 3.28. The molecule has 1 aromatic carbocycles. The zero-order valence-corrected chi connectivity index (χ0v) is 20.7. The Morgan fingerprint density at radius 1 is 0.971 bits per heavy atom. The first-order valence-electron chi connectivity index (χ1n) is 10.7. The van der Waals surface area contributed by atoms with Crippen LogP contribution in [0.5, 0.6) is 0 Å². The fourth-order valence-electron chi connectivity index (χ4n) is 3.33. The zero-order chi connectivity index (χ0) is 25.4.